The highest BCUT2D eigenvalue weighted by Gasteiger charge is 1.98. The van der Waals surface area contributed by atoms with Gasteiger partial charge in [0.2, 0.25) is 0 Å². The fraction of sp³-hybridized carbons (Fsp3) is 0.214. The van der Waals surface area contributed by atoms with Crippen LogP contribution in [0.3, 0.4) is 0 Å². The van der Waals surface area contributed by atoms with Crippen molar-refractivity contribution in [2.75, 3.05) is 5.43 Å². The molecule has 1 aromatic carbocycles. The molecule has 94 valence electrons. The smallest absolute Gasteiger partial charge is 0.140 e. The number of hydrogen-bond donors (Lipinski definition) is 2. The van der Waals surface area contributed by atoms with E-state index in [1.807, 2.05) is 24.3 Å². The van der Waals surface area contributed by atoms with Gasteiger partial charge in [-0.15, -0.1) is 0 Å². The van der Waals surface area contributed by atoms with Crippen molar-refractivity contribution in [3.05, 3.63) is 53.7 Å². The molecule has 0 aliphatic carbocycles. The topological polar surface area (TPSA) is 60.2 Å². The molecule has 2 aromatic rings. The maximum atomic E-state index is 5.69. The minimum atomic E-state index is 0.503. The van der Waals surface area contributed by atoms with Gasteiger partial charge in [0.1, 0.15) is 18.2 Å². The maximum absolute atomic E-state index is 5.69. The van der Waals surface area contributed by atoms with Crippen LogP contribution in [0.5, 0.6) is 5.75 Å². The number of hydrogen-bond acceptors (Lipinski definition) is 4. The molecule has 0 saturated carbocycles. The molecule has 0 radical (unpaired) electrons. The number of benzene rings is 1. The van der Waals surface area contributed by atoms with Crippen molar-refractivity contribution in [3.63, 3.8) is 0 Å². The highest BCUT2D eigenvalue weighted by Crippen LogP contribution is 2.15. The number of aromatic nitrogens is 1. The zero-order chi connectivity index (χ0) is 12.8. The van der Waals surface area contributed by atoms with Crippen molar-refractivity contribution >= 4 is 5.82 Å². The average Bonchev–Trinajstić information content (AvgIpc) is 2.46. The van der Waals surface area contributed by atoms with Crippen molar-refractivity contribution in [2.24, 2.45) is 5.84 Å². The summed E-state index contributed by atoms with van der Waals surface area (Å²) in [5, 5.41) is 0. The largest absolute Gasteiger partial charge is 0.489 e. The van der Waals surface area contributed by atoms with E-state index >= 15 is 0 Å². The van der Waals surface area contributed by atoms with Crippen LogP contribution in [0.25, 0.3) is 0 Å². The second-order valence-corrected chi connectivity index (χ2v) is 3.98. The molecule has 0 saturated heterocycles. The normalized spacial score (nSPS) is 10.1. The van der Waals surface area contributed by atoms with Gasteiger partial charge < -0.3 is 10.2 Å². The van der Waals surface area contributed by atoms with E-state index in [4.69, 9.17) is 10.6 Å². The van der Waals surface area contributed by atoms with Crippen LogP contribution >= 0.6 is 0 Å². The summed E-state index contributed by atoms with van der Waals surface area (Å²) >= 11 is 0. The van der Waals surface area contributed by atoms with Gasteiger partial charge in [0.25, 0.3) is 0 Å². The molecule has 0 unspecified atom stereocenters. The molecule has 0 amide bonds. The van der Waals surface area contributed by atoms with Gasteiger partial charge in [-0.2, -0.15) is 0 Å². The minimum Gasteiger partial charge on any atom is -0.489 e. The molecular formula is C14H17N3O. The SMILES string of the molecule is CCc1ccc(OCc2ccnc(NN)c2)cc1. The maximum Gasteiger partial charge on any atom is 0.140 e. The van der Waals surface area contributed by atoms with Crippen molar-refractivity contribution < 1.29 is 4.74 Å². The lowest BCUT2D eigenvalue weighted by Gasteiger charge is -2.07. The van der Waals surface area contributed by atoms with Gasteiger partial charge in [-0.05, 0) is 41.8 Å². The lowest BCUT2D eigenvalue weighted by molar-refractivity contribution is 0.306. The van der Waals surface area contributed by atoms with Gasteiger partial charge in [0.05, 0.1) is 0 Å². The summed E-state index contributed by atoms with van der Waals surface area (Å²) in [6.45, 7) is 2.64. The number of pyridine rings is 1. The quantitative estimate of drug-likeness (QED) is 0.625. The number of anilines is 1. The minimum absolute atomic E-state index is 0.503. The van der Waals surface area contributed by atoms with Gasteiger partial charge in [0, 0.05) is 6.20 Å². The van der Waals surface area contributed by atoms with Crippen molar-refractivity contribution in [2.45, 2.75) is 20.0 Å². The van der Waals surface area contributed by atoms with Crippen LogP contribution in [0, 0.1) is 0 Å². The van der Waals surface area contributed by atoms with E-state index in [1.165, 1.54) is 5.56 Å². The molecule has 1 heterocycles. The third-order valence-corrected chi connectivity index (χ3v) is 2.71. The lowest BCUT2D eigenvalue weighted by atomic mass is 10.2. The molecule has 0 bridgehead atoms. The van der Waals surface area contributed by atoms with Gasteiger partial charge in [-0.1, -0.05) is 19.1 Å². The summed E-state index contributed by atoms with van der Waals surface area (Å²) in [4.78, 5) is 4.04. The second-order valence-electron chi connectivity index (χ2n) is 3.98. The molecule has 4 nitrogen and oxygen atoms in total. The van der Waals surface area contributed by atoms with E-state index in [0.29, 0.717) is 12.4 Å². The van der Waals surface area contributed by atoms with Crippen LogP contribution in [0.15, 0.2) is 42.6 Å². The first-order valence-electron chi connectivity index (χ1n) is 5.95. The molecule has 0 aliphatic rings. The highest BCUT2D eigenvalue weighted by molar-refractivity contribution is 5.36. The zero-order valence-electron chi connectivity index (χ0n) is 10.4. The fourth-order valence-electron chi connectivity index (χ4n) is 1.63. The third-order valence-electron chi connectivity index (χ3n) is 2.71. The van der Waals surface area contributed by atoms with Gasteiger partial charge >= 0.3 is 0 Å². The summed E-state index contributed by atoms with van der Waals surface area (Å²) in [6.07, 6.45) is 2.74. The molecule has 2 rings (SSSR count). The first-order valence-corrected chi connectivity index (χ1v) is 5.95. The van der Waals surface area contributed by atoms with E-state index in [-0.39, 0.29) is 0 Å². The Morgan fingerprint density at radius 3 is 2.61 bits per heavy atom. The monoisotopic (exact) mass is 243 g/mol. The predicted molar refractivity (Wildman–Crippen MR) is 72.2 cm³/mol. The molecule has 18 heavy (non-hydrogen) atoms. The Hall–Kier alpha value is -2.07. The number of hydrazine groups is 1. The first kappa shape index (κ1) is 12.4. The second kappa shape index (κ2) is 6.02. The van der Waals surface area contributed by atoms with Crippen LogP contribution in [0.4, 0.5) is 5.82 Å². The molecule has 3 N–H and O–H groups in total. The van der Waals surface area contributed by atoms with Gasteiger partial charge in [-0.25, -0.2) is 10.8 Å². The standard InChI is InChI=1S/C14H17N3O/c1-2-11-3-5-13(6-4-11)18-10-12-7-8-16-14(9-12)17-15/h3-9H,2,10,15H2,1H3,(H,16,17). The van der Waals surface area contributed by atoms with Crippen LogP contribution in [-0.2, 0) is 13.0 Å². The molecule has 4 heteroatoms. The van der Waals surface area contributed by atoms with Crippen molar-refractivity contribution in [1.29, 1.82) is 0 Å². The van der Waals surface area contributed by atoms with E-state index in [9.17, 15) is 0 Å². The fourth-order valence-corrected chi connectivity index (χ4v) is 1.63. The van der Waals surface area contributed by atoms with Crippen LogP contribution in [-0.4, -0.2) is 4.98 Å². The molecule has 0 fully saturated rings. The van der Waals surface area contributed by atoms with Crippen LogP contribution in [0.1, 0.15) is 18.1 Å². The Kier molecular flexibility index (Phi) is 4.15. The highest BCUT2D eigenvalue weighted by atomic mass is 16.5. The summed E-state index contributed by atoms with van der Waals surface area (Å²) in [5.41, 5.74) is 4.85. The van der Waals surface area contributed by atoms with Crippen LogP contribution < -0.4 is 16.0 Å². The number of rotatable bonds is 5. The summed E-state index contributed by atoms with van der Waals surface area (Å²) < 4.78 is 5.69. The van der Waals surface area contributed by atoms with E-state index in [1.54, 1.807) is 6.20 Å². The molecule has 0 spiro atoms. The van der Waals surface area contributed by atoms with Crippen molar-refractivity contribution in [1.82, 2.24) is 4.98 Å². The molecule has 0 aliphatic heterocycles. The molecular weight excluding hydrogens is 226 g/mol. The Labute approximate surface area is 107 Å². The number of nitrogens with one attached hydrogen (secondary N) is 1. The predicted octanol–water partition coefficient (Wildman–Crippen LogP) is 2.51. The Morgan fingerprint density at radius 1 is 1.17 bits per heavy atom. The molecule has 0 atom stereocenters. The van der Waals surface area contributed by atoms with E-state index in [2.05, 4.69) is 29.5 Å². The Balaban J connectivity index is 1.97. The van der Waals surface area contributed by atoms with E-state index in [0.717, 1.165) is 17.7 Å². The van der Waals surface area contributed by atoms with Gasteiger partial charge in [0.15, 0.2) is 0 Å². The number of ether oxygens (including phenoxy) is 1. The first-order chi connectivity index (χ1) is 8.81. The molecule has 1 aromatic heterocycles. The summed E-state index contributed by atoms with van der Waals surface area (Å²) in [5.74, 6) is 6.81. The summed E-state index contributed by atoms with van der Waals surface area (Å²) in [7, 11) is 0. The number of nitrogens with zero attached hydrogens (tertiary/aromatic N) is 1. The van der Waals surface area contributed by atoms with E-state index < -0.39 is 0 Å². The van der Waals surface area contributed by atoms with Crippen LogP contribution in [0.2, 0.25) is 0 Å². The Bertz CT molecular complexity index is 497. The lowest BCUT2D eigenvalue weighted by Crippen LogP contribution is -2.09. The van der Waals surface area contributed by atoms with Gasteiger partial charge in [-0.3, -0.25) is 0 Å². The summed E-state index contributed by atoms with van der Waals surface area (Å²) in [6, 6.07) is 11.9. The average molecular weight is 243 g/mol. The number of nitrogen functional groups attached to an aromatic ring is 1. The van der Waals surface area contributed by atoms with Crippen molar-refractivity contribution in [3.8, 4) is 5.75 Å². The zero-order valence-corrected chi connectivity index (χ0v) is 10.4. The third kappa shape index (κ3) is 3.21. The number of aryl methyl sites for hydroxylation is 1. The Morgan fingerprint density at radius 2 is 1.94 bits per heavy atom. The number of nitrogens with two attached hydrogens (primary N) is 1.